The molecular formula is C22H22O5. The second kappa shape index (κ2) is 6.58. The van der Waals surface area contributed by atoms with Crippen molar-refractivity contribution in [1.82, 2.24) is 0 Å². The average Bonchev–Trinajstić information content (AvgIpc) is 2.52. The van der Waals surface area contributed by atoms with Gasteiger partial charge in [0.2, 0.25) is 0 Å². The minimum atomic E-state index is -0.652. The number of Topliss-reactive ketones (excluding diaryl/α,β-unsaturated/α-hetero) is 1. The number of carbonyl (C=O) groups is 2. The highest BCUT2D eigenvalue weighted by Crippen LogP contribution is 2.42. The molecule has 0 bridgehead atoms. The maximum absolute atomic E-state index is 12.3. The molecule has 0 atom stereocenters. The largest absolute Gasteiger partial charge is 0.507 e. The van der Waals surface area contributed by atoms with Crippen molar-refractivity contribution in [3.63, 3.8) is 0 Å². The Morgan fingerprint density at radius 3 is 2.30 bits per heavy atom. The highest BCUT2D eigenvalue weighted by atomic mass is 16.6. The number of aromatic hydroxyl groups is 2. The highest BCUT2D eigenvalue weighted by Gasteiger charge is 2.23. The van der Waals surface area contributed by atoms with Gasteiger partial charge in [-0.2, -0.15) is 0 Å². The maximum Gasteiger partial charge on any atom is 0.310 e. The Labute approximate surface area is 157 Å². The molecule has 0 heterocycles. The van der Waals surface area contributed by atoms with Crippen LogP contribution in [0.4, 0.5) is 0 Å². The number of benzene rings is 3. The van der Waals surface area contributed by atoms with Gasteiger partial charge in [-0.05, 0) is 56.2 Å². The summed E-state index contributed by atoms with van der Waals surface area (Å²) >= 11 is 0. The summed E-state index contributed by atoms with van der Waals surface area (Å²) in [5.74, 6) is -1.29. The van der Waals surface area contributed by atoms with Gasteiger partial charge in [0, 0.05) is 5.39 Å². The number of phenols is 2. The fourth-order valence-electron chi connectivity index (χ4n) is 3.31. The molecule has 0 aliphatic carbocycles. The van der Waals surface area contributed by atoms with Crippen LogP contribution in [0.1, 0.15) is 43.6 Å². The van der Waals surface area contributed by atoms with Crippen molar-refractivity contribution in [1.29, 1.82) is 0 Å². The molecule has 0 fully saturated rings. The van der Waals surface area contributed by atoms with Crippen molar-refractivity contribution in [2.45, 2.75) is 39.7 Å². The molecular weight excluding hydrogens is 344 g/mol. The molecule has 0 aromatic heterocycles. The van der Waals surface area contributed by atoms with Crippen molar-refractivity contribution < 1.29 is 24.5 Å². The average molecular weight is 366 g/mol. The van der Waals surface area contributed by atoms with E-state index < -0.39 is 11.6 Å². The summed E-state index contributed by atoms with van der Waals surface area (Å²) in [6.07, 6.45) is -0.150. The molecule has 5 heteroatoms. The number of esters is 1. The van der Waals surface area contributed by atoms with Crippen molar-refractivity contribution >= 4 is 33.3 Å². The van der Waals surface area contributed by atoms with Crippen molar-refractivity contribution in [3.05, 3.63) is 47.5 Å². The number of rotatable bonds is 3. The fraction of sp³-hybridized carbons (Fsp3) is 0.273. The third-order valence-electron chi connectivity index (χ3n) is 4.28. The topological polar surface area (TPSA) is 83.8 Å². The summed E-state index contributed by atoms with van der Waals surface area (Å²) in [6.45, 7) is 6.61. The molecule has 0 aliphatic rings. The van der Waals surface area contributed by atoms with Crippen LogP contribution >= 0.6 is 0 Å². The first-order chi connectivity index (χ1) is 12.6. The van der Waals surface area contributed by atoms with Gasteiger partial charge in [-0.15, -0.1) is 0 Å². The Kier molecular flexibility index (Phi) is 4.56. The normalized spacial score (nSPS) is 11.7. The molecule has 3 rings (SSSR count). The Morgan fingerprint density at radius 1 is 1.00 bits per heavy atom. The second-order valence-corrected chi connectivity index (χ2v) is 7.62. The van der Waals surface area contributed by atoms with Crippen LogP contribution in [0.15, 0.2) is 36.4 Å². The lowest BCUT2D eigenvalue weighted by Crippen LogP contribution is -2.25. The zero-order valence-corrected chi connectivity index (χ0v) is 15.8. The van der Waals surface area contributed by atoms with Gasteiger partial charge in [0.1, 0.15) is 17.1 Å². The Balaban J connectivity index is 2.24. The van der Waals surface area contributed by atoms with Crippen molar-refractivity contribution in [3.8, 4) is 11.5 Å². The number of ketones is 1. The van der Waals surface area contributed by atoms with E-state index in [4.69, 9.17) is 4.74 Å². The minimum Gasteiger partial charge on any atom is -0.507 e. The third kappa shape index (κ3) is 3.58. The number of ether oxygens (including phenoxy) is 1. The SMILES string of the molecule is CC(=O)c1c(CC(=O)OC(C)(C)C)cc2cc3ccccc3c(O)c2c1O. The Bertz CT molecular complexity index is 1070. The van der Waals surface area contributed by atoms with Gasteiger partial charge < -0.3 is 14.9 Å². The predicted molar refractivity (Wildman–Crippen MR) is 104 cm³/mol. The van der Waals surface area contributed by atoms with Gasteiger partial charge in [0.05, 0.1) is 17.4 Å². The molecule has 3 aromatic carbocycles. The lowest BCUT2D eigenvalue weighted by atomic mass is 9.92. The van der Waals surface area contributed by atoms with Crippen molar-refractivity contribution in [2.24, 2.45) is 0 Å². The maximum atomic E-state index is 12.3. The van der Waals surface area contributed by atoms with Crippen LogP contribution in [-0.2, 0) is 16.0 Å². The minimum absolute atomic E-state index is 0.0268. The molecule has 0 saturated heterocycles. The first-order valence-corrected chi connectivity index (χ1v) is 8.70. The van der Waals surface area contributed by atoms with Crippen LogP contribution in [0, 0.1) is 0 Å². The Hall–Kier alpha value is -3.08. The first kappa shape index (κ1) is 18.7. The summed E-state index contributed by atoms with van der Waals surface area (Å²) in [5.41, 5.74) is -0.253. The molecule has 140 valence electrons. The molecule has 2 N–H and O–H groups in total. The molecule has 5 nitrogen and oxygen atoms in total. The monoisotopic (exact) mass is 366 g/mol. The van der Waals surface area contributed by atoms with E-state index in [0.717, 1.165) is 5.39 Å². The summed E-state index contributed by atoms with van der Waals surface area (Å²) in [4.78, 5) is 24.4. The second-order valence-electron chi connectivity index (χ2n) is 7.62. The molecule has 0 unspecified atom stereocenters. The number of hydrogen-bond acceptors (Lipinski definition) is 5. The van der Waals surface area contributed by atoms with E-state index in [1.165, 1.54) is 6.92 Å². The van der Waals surface area contributed by atoms with Crippen LogP contribution in [-0.4, -0.2) is 27.6 Å². The number of hydrogen-bond donors (Lipinski definition) is 2. The van der Waals surface area contributed by atoms with E-state index in [1.54, 1.807) is 39.0 Å². The van der Waals surface area contributed by atoms with Crippen LogP contribution in [0.5, 0.6) is 11.5 Å². The first-order valence-electron chi connectivity index (χ1n) is 8.70. The molecule has 0 aliphatic heterocycles. The summed E-state index contributed by atoms with van der Waals surface area (Å²) < 4.78 is 5.34. The van der Waals surface area contributed by atoms with Crippen molar-refractivity contribution in [2.75, 3.05) is 0 Å². The van der Waals surface area contributed by atoms with Crippen LogP contribution in [0.3, 0.4) is 0 Å². The van der Waals surface area contributed by atoms with E-state index in [2.05, 4.69) is 0 Å². The zero-order valence-electron chi connectivity index (χ0n) is 15.8. The quantitative estimate of drug-likeness (QED) is 0.405. The smallest absolute Gasteiger partial charge is 0.310 e. The Morgan fingerprint density at radius 2 is 1.67 bits per heavy atom. The molecule has 0 radical (unpaired) electrons. The molecule has 3 aromatic rings. The fourth-order valence-corrected chi connectivity index (χ4v) is 3.31. The lowest BCUT2D eigenvalue weighted by molar-refractivity contribution is -0.153. The van der Waals surface area contributed by atoms with Gasteiger partial charge >= 0.3 is 5.97 Å². The standard InChI is InChI=1S/C22H22O5/c1-12(23)18-15(11-17(24)27-22(2,3)4)10-14-9-13-7-5-6-8-16(13)20(25)19(14)21(18)26/h5-10,25-26H,11H2,1-4H3. The summed E-state index contributed by atoms with van der Waals surface area (Å²) in [5, 5.41) is 23.5. The van der Waals surface area contributed by atoms with E-state index in [0.29, 0.717) is 16.3 Å². The lowest BCUT2D eigenvalue weighted by Gasteiger charge is -2.20. The van der Waals surface area contributed by atoms with Crippen LogP contribution in [0.25, 0.3) is 21.5 Å². The predicted octanol–water partition coefficient (Wildman–Crippen LogP) is 4.49. The van der Waals surface area contributed by atoms with Gasteiger partial charge in [-0.3, -0.25) is 9.59 Å². The van der Waals surface area contributed by atoms with Crippen LogP contribution < -0.4 is 0 Å². The molecule has 0 saturated carbocycles. The van der Waals surface area contributed by atoms with Gasteiger partial charge in [-0.1, -0.05) is 24.3 Å². The van der Waals surface area contributed by atoms with E-state index in [-0.39, 0.29) is 34.7 Å². The summed E-state index contributed by atoms with van der Waals surface area (Å²) in [7, 11) is 0. The number of fused-ring (bicyclic) bond motifs is 2. The third-order valence-corrected chi connectivity index (χ3v) is 4.28. The van der Waals surface area contributed by atoms with Gasteiger partial charge in [0.25, 0.3) is 0 Å². The molecule has 0 amide bonds. The number of phenolic OH excluding ortho intramolecular Hbond substituents is 2. The summed E-state index contributed by atoms with van der Waals surface area (Å²) in [6, 6.07) is 10.7. The molecule has 27 heavy (non-hydrogen) atoms. The molecule has 0 spiro atoms. The van der Waals surface area contributed by atoms with Gasteiger partial charge in [-0.25, -0.2) is 0 Å². The highest BCUT2D eigenvalue weighted by molar-refractivity contribution is 6.12. The zero-order chi connectivity index (χ0) is 19.9. The van der Waals surface area contributed by atoms with Crippen LogP contribution in [0.2, 0.25) is 0 Å². The number of carbonyl (C=O) groups excluding carboxylic acids is 2. The van der Waals surface area contributed by atoms with E-state index in [9.17, 15) is 19.8 Å². The van der Waals surface area contributed by atoms with E-state index in [1.807, 2.05) is 18.2 Å². The van der Waals surface area contributed by atoms with Gasteiger partial charge in [0.15, 0.2) is 5.78 Å². The van der Waals surface area contributed by atoms with E-state index >= 15 is 0 Å².